The van der Waals surface area contributed by atoms with Crippen LogP contribution in [0.15, 0.2) is 0 Å². The van der Waals surface area contributed by atoms with Crippen molar-refractivity contribution in [3.63, 3.8) is 0 Å². The van der Waals surface area contributed by atoms with Crippen molar-refractivity contribution in [3.05, 3.63) is 0 Å². The third kappa shape index (κ3) is 3.78. The van der Waals surface area contributed by atoms with Crippen molar-refractivity contribution in [1.82, 2.24) is 0 Å². The number of alkyl halides is 9. The second-order valence-electron chi connectivity index (χ2n) is 11.1. The molecule has 12 heteroatoms. The molecule has 0 saturated heterocycles. The standard InChI is InChI=1S/C22H31F9O2S/c1-10(34(3,33-2)22(29,30)31)4-11-5-12-7-15(11)18-16-8-13(17(12)18)6-14(16)9-19(32,20(23,24)25)21(26,27)28/h10-18,32H,4-9H2,1-3H3. The molecule has 4 aliphatic rings. The normalized spacial score (nSPS) is 41.4. The van der Waals surface area contributed by atoms with Crippen LogP contribution in [0.4, 0.5) is 39.5 Å². The fourth-order valence-corrected chi connectivity index (χ4v) is 9.84. The Morgan fingerprint density at radius 1 is 0.824 bits per heavy atom. The van der Waals surface area contributed by atoms with Crippen LogP contribution in [0.5, 0.6) is 0 Å². The van der Waals surface area contributed by atoms with E-state index < -0.39 is 51.4 Å². The predicted molar refractivity (Wildman–Crippen MR) is 109 cm³/mol. The van der Waals surface area contributed by atoms with Gasteiger partial charge in [0.25, 0.3) is 5.60 Å². The van der Waals surface area contributed by atoms with Crippen molar-refractivity contribution in [2.75, 3.05) is 13.4 Å². The molecule has 1 N–H and O–H groups in total. The van der Waals surface area contributed by atoms with E-state index in [0.29, 0.717) is 6.42 Å². The number of hydrogen-bond acceptors (Lipinski definition) is 2. The highest BCUT2D eigenvalue weighted by Gasteiger charge is 2.73. The van der Waals surface area contributed by atoms with Crippen LogP contribution < -0.4 is 0 Å². The SMILES string of the molecule is COS(C)(C(C)CC1CC2CC1C1C3CC(CC3CC(O)(C(F)(F)F)C(F)(F)F)C21)C(F)(F)F. The number of hydrogen-bond donors (Lipinski definition) is 1. The summed E-state index contributed by atoms with van der Waals surface area (Å²) in [5.41, 5.74) is -9.23. The average Bonchev–Trinajstić information content (AvgIpc) is 3.42. The van der Waals surface area contributed by atoms with E-state index in [9.17, 15) is 44.6 Å². The van der Waals surface area contributed by atoms with Crippen LogP contribution in [-0.4, -0.2) is 47.2 Å². The molecule has 0 aliphatic heterocycles. The first-order chi connectivity index (χ1) is 15.4. The lowest BCUT2D eigenvalue weighted by Gasteiger charge is -2.46. The van der Waals surface area contributed by atoms with E-state index in [-0.39, 0.29) is 54.3 Å². The Morgan fingerprint density at radius 2 is 1.29 bits per heavy atom. The van der Waals surface area contributed by atoms with E-state index in [1.54, 1.807) is 0 Å². The van der Waals surface area contributed by atoms with Gasteiger partial charge in [0.1, 0.15) is 0 Å². The molecule has 2 nitrogen and oxygen atoms in total. The molecule has 34 heavy (non-hydrogen) atoms. The molecule has 0 aromatic rings. The summed E-state index contributed by atoms with van der Waals surface area (Å²) in [5.74, 6) is -0.841. The molecule has 4 aliphatic carbocycles. The molecule has 0 heterocycles. The first-order valence-corrected chi connectivity index (χ1v) is 13.6. The first-order valence-electron chi connectivity index (χ1n) is 11.6. The molecule has 0 radical (unpaired) electrons. The Kier molecular flexibility index (Phi) is 6.33. The van der Waals surface area contributed by atoms with Crippen LogP contribution in [0, 0.1) is 47.3 Å². The van der Waals surface area contributed by atoms with Crippen LogP contribution in [-0.2, 0) is 4.18 Å². The molecule has 4 saturated carbocycles. The first kappa shape index (κ1) is 26.7. The van der Waals surface area contributed by atoms with E-state index in [1.165, 1.54) is 6.92 Å². The van der Waals surface area contributed by atoms with E-state index in [0.717, 1.165) is 26.2 Å². The minimum Gasteiger partial charge on any atom is -0.374 e. The fourth-order valence-electron chi connectivity index (χ4n) is 8.25. The molecule has 4 bridgehead atoms. The maximum absolute atomic E-state index is 13.7. The fraction of sp³-hybridized carbons (Fsp3) is 1.00. The summed E-state index contributed by atoms with van der Waals surface area (Å²) in [6.07, 6.45) is -9.36. The third-order valence-electron chi connectivity index (χ3n) is 9.80. The molecule has 4 fully saturated rings. The van der Waals surface area contributed by atoms with Gasteiger partial charge in [0.2, 0.25) is 0 Å². The lowest BCUT2D eigenvalue weighted by Crippen LogP contribution is -2.58. The largest absolute Gasteiger partial charge is 0.446 e. The van der Waals surface area contributed by atoms with Crippen molar-refractivity contribution >= 4 is 10.3 Å². The monoisotopic (exact) mass is 530 g/mol. The van der Waals surface area contributed by atoms with E-state index in [2.05, 4.69) is 0 Å². The van der Waals surface area contributed by atoms with Crippen LogP contribution in [0.2, 0.25) is 0 Å². The van der Waals surface area contributed by atoms with Crippen molar-refractivity contribution in [2.24, 2.45) is 47.3 Å². The lowest BCUT2D eigenvalue weighted by molar-refractivity contribution is -0.373. The van der Waals surface area contributed by atoms with Crippen LogP contribution in [0.3, 0.4) is 0 Å². The van der Waals surface area contributed by atoms with Crippen molar-refractivity contribution < 1.29 is 48.8 Å². The van der Waals surface area contributed by atoms with Gasteiger partial charge in [0.15, 0.2) is 0 Å². The molecule has 200 valence electrons. The molecule has 4 rings (SSSR count). The highest BCUT2D eigenvalue weighted by molar-refractivity contribution is 8.30. The second-order valence-corrected chi connectivity index (χ2v) is 14.5. The summed E-state index contributed by atoms with van der Waals surface area (Å²) in [7, 11) is -2.30. The summed E-state index contributed by atoms with van der Waals surface area (Å²) in [6.45, 7) is 1.52. The minimum absolute atomic E-state index is 0.00820. The molecule has 0 spiro atoms. The minimum atomic E-state index is -5.83. The van der Waals surface area contributed by atoms with Crippen molar-refractivity contribution in [3.8, 4) is 0 Å². The van der Waals surface area contributed by atoms with Gasteiger partial charge in [0, 0.05) is 12.4 Å². The molecule has 10 atom stereocenters. The second kappa shape index (κ2) is 8.07. The van der Waals surface area contributed by atoms with Crippen LogP contribution in [0.25, 0.3) is 0 Å². The van der Waals surface area contributed by atoms with E-state index in [1.807, 2.05) is 0 Å². The van der Waals surface area contributed by atoms with Crippen LogP contribution >= 0.6 is 10.3 Å². The zero-order chi connectivity index (χ0) is 25.6. The van der Waals surface area contributed by atoms with Gasteiger partial charge >= 0.3 is 17.9 Å². The topological polar surface area (TPSA) is 29.5 Å². The van der Waals surface area contributed by atoms with Crippen LogP contribution in [0.1, 0.15) is 45.4 Å². The lowest BCUT2D eigenvalue weighted by atomic mass is 9.62. The van der Waals surface area contributed by atoms with Gasteiger partial charge in [-0.05, 0) is 102 Å². The van der Waals surface area contributed by atoms with Gasteiger partial charge < -0.3 is 9.29 Å². The number of halogens is 9. The predicted octanol–water partition coefficient (Wildman–Crippen LogP) is 7.07. The summed E-state index contributed by atoms with van der Waals surface area (Å²) >= 11 is 0. The van der Waals surface area contributed by atoms with Gasteiger partial charge in [0.05, 0.1) is 0 Å². The van der Waals surface area contributed by atoms with Gasteiger partial charge in [-0.1, -0.05) is 6.92 Å². The highest BCUT2D eigenvalue weighted by Crippen LogP contribution is 2.73. The van der Waals surface area contributed by atoms with E-state index in [4.69, 9.17) is 4.18 Å². The summed E-state index contributed by atoms with van der Waals surface area (Å²) in [4.78, 5) is 0. The molecular formula is C22H31F9O2S. The molecule has 10 unspecified atom stereocenters. The Morgan fingerprint density at radius 3 is 1.74 bits per heavy atom. The van der Waals surface area contributed by atoms with Gasteiger partial charge in [-0.15, -0.1) is 0 Å². The number of fused-ring (bicyclic) bond motifs is 9. The van der Waals surface area contributed by atoms with Crippen molar-refractivity contribution in [1.29, 1.82) is 0 Å². The molecule has 0 amide bonds. The Bertz CT molecular complexity index is 768. The third-order valence-corrected chi connectivity index (χ3v) is 13.1. The molecule has 0 aromatic heterocycles. The van der Waals surface area contributed by atoms with Gasteiger partial charge in [-0.3, -0.25) is 0 Å². The summed E-state index contributed by atoms with van der Waals surface area (Å²) in [6, 6.07) is 0. The maximum Gasteiger partial charge on any atom is 0.446 e. The van der Waals surface area contributed by atoms with Gasteiger partial charge in [-0.25, -0.2) is 0 Å². The summed E-state index contributed by atoms with van der Waals surface area (Å²) in [5, 5.41) is 8.97. The summed E-state index contributed by atoms with van der Waals surface area (Å²) < 4.78 is 126. The van der Waals surface area contributed by atoms with Gasteiger partial charge in [-0.2, -0.15) is 39.5 Å². The van der Waals surface area contributed by atoms with Crippen molar-refractivity contribution in [2.45, 2.75) is 74.2 Å². The Balaban J connectivity index is 1.51. The Labute approximate surface area is 194 Å². The highest BCUT2D eigenvalue weighted by atomic mass is 32.3. The average molecular weight is 531 g/mol. The zero-order valence-electron chi connectivity index (χ0n) is 19.1. The zero-order valence-corrected chi connectivity index (χ0v) is 19.9. The maximum atomic E-state index is 13.7. The molecule has 0 aromatic carbocycles. The quantitative estimate of drug-likeness (QED) is 0.294. The van der Waals surface area contributed by atoms with E-state index >= 15 is 0 Å². The smallest absolute Gasteiger partial charge is 0.374 e. The number of aliphatic hydroxyl groups is 1. The Hall–Kier alpha value is -0.360. The number of rotatable bonds is 6. The molecular weight excluding hydrogens is 499 g/mol.